The summed E-state index contributed by atoms with van der Waals surface area (Å²) in [6.45, 7) is 3.18. The number of amides is 1. The second-order valence-electron chi connectivity index (χ2n) is 7.96. The molecule has 1 aliphatic heterocycles. The molecule has 2 aromatic carbocycles. The maximum Gasteiger partial charge on any atom is 0.228 e. The van der Waals surface area contributed by atoms with Crippen LogP contribution in [0, 0.1) is 0 Å². The minimum absolute atomic E-state index is 0.156. The van der Waals surface area contributed by atoms with Crippen LogP contribution in [-0.4, -0.2) is 60.6 Å². The summed E-state index contributed by atoms with van der Waals surface area (Å²) in [6.07, 6.45) is 2.36. The molecule has 1 amide bonds. The smallest absolute Gasteiger partial charge is 0.228 e. The summed E-state index contributed by atoms with van der Waals surface area (Å²) in [7, 11) is 3.24. The minimum Gasteiger partial charge on any atom is -0.493 e. The van der Waals surface area contributed by atoms with Gasteiger partial charge >= 0.3 is 0 Å². The van der Waals surface area contributed by atoms with E-state index in [4.69, 9.17) is 14.5 Å². The van der Waals surface area contributed by atoms with E-state index in [0.29, 0.717) is 17.9 Å². The third-order valence-corrected chi connectivity index (χ3v) is 6.94. The number of hydrogen-bond acceptors (Lipinski definition) is 6. The van der Waals surface area contributed by atoms with Gasteiger partial charge in [0.1, 0.15) is 0 Å². The SMILES string of the molecule is COc1ccc(-c2cn3c(CC(=O)N4CCN(c5ccccc5)CC4)csc3n2)cc1OC. The highest BCUT2D eigenvalue weighted by Crippen LogP contribution is 2.33. The standard InChI is InChI=1S/C25H26N4O3S/c1-31-22-9-8-18(14-23(22)32-2)21-16-29-20(17-33-25(29)26-21)15-24(30)28-12-10-27(11-13-28)19-6-4-3-5-7-19/h3-9,14,16-17H,10-13,15H2,1-2H3. The first-order chi connectivity index (χ1) is 16.2. The Kier molecular flexibility index (Phi) is 5.92. The number of imidazole rings is 1. The highest BCUT2D eigenvalue weighted by Gasteiger charge is 2.22. The van der Waals surface area contributed by atoms with Crippen molar-refractivity contribution < 1.29 is 14.3 Å². The number of hydrogen-bond donors (Lipinski definition) is 0. The van der Waals surface area contributed by atoms with Gasteiger partial charge < -0.3 is 19.3 Å². The molecule has 4 aromatic rings. The van der Waals surface area contributed by atoms with Gasteiger partial charge in [0.2, 0.25) is 5.91 Å². The molecule has 0 aliphatic carbocycles. The Bertz CT molecular complexity index is 1260. The summed E-state index contributed by atoms with van der Waals surface area (Å²) in [6, 6.07) is 16.1. The minimum atomic E-state index is 0.156. The molecular weight excluding hydrogens is 436 g/mol. The van der Waals surface area contributed by atoms with Gasteiger partial charge in [-0.15, -0.1) is 11.3 Å². The number of fused-ring (bicyclic) bond motifs is 1. The van der Waals surface area contributed by atoms with Crippen molar-refractivity contribution in [1.29, 1.82) is 0 Å². The molecule has 0 N–H and O–H groups in total. The van der Waals surface area contributed by atoms with Crippen LogP contribution in [0.3, 0.4) is 0 Å². The molecule has 0 spiro atoms. The largest absolute Gasteiger partial charge is 0.493 e. The van der Waals surface area contributed by atoms with Gasteiger partial charge in [0.15, 0.2) is 16.5 Å². The fourth-order valence-electron chi connectivity index (χ4n) is 4.21. The maximum atomic E-state index is 13.0. The average molecular weight is 463 g/mol. The van der Waals surface area contributed by atoms with E-state index >= 15 is 0 Å². The molecule has 1 saturated heterocycles. The Morgan fingerprint density at radius 1 is 1.00 bits per heavy atom. The van der Waals surface area contributed by atoms with Crippen LogP contribution in [0.4, 0.5) is 5.69 Å². The van der Waals surface area contributed by atoms with Crippen LogP contribution < -0.4 is 14.4 Å². The zero-order valence-corrected chi connectivity index (χ0v) is 19.5. The van der Waals surface area contributed by atoms with Gasteiger partial charge in [-0.25, -0.2) is 4.98 Å². The third-order valence-electron chi connectivity index (χ3n) is 6.05. The zero-order chi connectivity index (χ0) is 22.8. The van der Waals surface area contributed by atoms with Gasteiger partial charge in [-0.1, -0.05) is 18.2 Å². The van der Waals surface area contributed by atoms with Crippen LogP contribution in [0.25, 0.3) is 16.2 Å². The van der Waals surface area contributed by atoms with Gasteiger partial charge in [-0.3, -0.25) is 9.20 Å². The van der Waals surface area contributed by atoms with Crippen LogP contribution in [0.15, 0.2) is 60.1 Å². The number of aromatic nitrogens is 2. The molecule has 33 heavy (non-hydrogen) atoms. The molecule has 0 atom stereocenters. The molecule has 2 aromatic heterocycles. The molecule has 0 bridgehead atoms. The van der Waals surface area contributed by atoms with E-state index in [1.165, 1.54) is 5.69 Å². The van der Waals surface area contributed by atoms with Crippen molar-refractivity contribution in [3.63, 3.8) is 0 Å². The monoisotopic (exact) mass is 462 g/mol. The number of thiazole rings is 1. The predicted molar refractivity (Wildman–Crippen MR) is 131 cm³/mol. The van der Waals surface area contributed by atoms with Gasteiger partial charge in [0.25, 0.3) is 0 Å². The summed E-state index contributed by atoms with van der Waals surface area (Å²) in [5, 5.41) is 2.03. The Morgan fingerprint density at radius 2 is 1.76 bits per heavy atom. The molecule has 0 saturated carbocycles. The predicted octanol–water partition coefficient (Wildman–Crippen LogP) is 3.97. The highest BCUT2D eigenvalue weighted by molar-refractivity contribution is 7.15. The molecule has 0 radical (unpaired) electrons. The molecule has 3 heterocycles. The topological polar surface area (TPSA) is 59.3 Å². The van der Waals surface area contributed by atoms with Crippen molar-refractivity contribution >= 4 is 27.9 Å². The average Bonchev–Trinajstić information content (AvgIpc) is 3.46. The molecule has 1 aliphatic rings. The summed E-state index contributed by atoms with van der Waals surface area (Å²) in [4.78, 5) is 23.0. The van der Waals surface area contributed by atoms with Gasteiger partial charge in [-0.2, -0.15) is 0 Å². The van der Waals surface area contributed by atoms with Crippen molar-refractivity contribution in [1.82, 2.24) is 14.3 Å². The normalized spacial score (nSPS) is 14.0. The number of rotatable bonds is 6. The van der Waals surface area contributed by atoms with Gasteiger partial charge in [-0.05, 0) is 30.3 Å². The first-order valence-electron chi connectivity index (χ1n) is 10.9. The second-order valence-corrected chi connectivity index (χ2v) is 8.79. The van der Waals surface area contributed by atoms with E-state index in [1.54, 1.807) is 25.6 Å². The number of anilines is 1. The van der Waals surface area contributed by atoms with Crippen LogP contribution in [0.1, 0.15) is 5.69 Å². The molecule has 7 nitrogen and oxygen atoms in total. The summed E-state index contributed by atoms with van der Waals surface area (Å²) in [5.74, 6) is 1.50. The number of para-hydroxylation sites is 1. The van der Waals surface area contributed by atoms with Crippen LogP contribution in [0.5, 0.6) is 11.5 Å². The maximum absolute atomic E-state index is 13.0. The molecular formula is C25H26N4O3S. The Balaban J connectivity index is 1.28. The van der Waals surface area contributed by atoms with Crippen molar-refractivity contribution in [2.45, 2.75) is 6.42 Å². The number of piperazine rings is 1. The zero-order valence-electron chi connectivity index (χ0n) is 18.7. The van der Waals surface area contributed by atoms with E-state index in [2.05, 4.69) is 29.2 Å². The lowest BCUT2D eigenvalue weighted by Gasteiger charge is -2.36. The highest BCUT2D eigenvalue weighted by atomic mass is 32.1. The van der Waals surface area contributed by atoms with Crippen molar-refractivity contribution in [3.05, 3.63) is 65.8 Å². The second kappa shape index (κ2) is 9.15. The fraction of sp³-hybridized carbons (Fsp3) is 0.280. The van der Waals surface area contributed by atoms with Crippen molar-refractivity contribution in [2.24, 2.45) is 0 Å². The van der Waals surface area contributed by atoms with E-state index in [9.17, 15) is 4.79 Å². The van der Waals surface area contributed by atoms with E-state index in [-0.39, 0.29) is 5.91 Å². The first-order valence-corrected chi connectivity index (χ1v) is 11.8. The molecule has 5 rings (SSSR count). The molecule has 1 fully saturated rings. The van der Waals surface area contributed by atoms with Crippen LogP contribution in [0.2, 0.25) is 0 Å². The molecule has 0 unspecified atom stereocenters. The Labute approximate surface area is 196 Å². The first kappa shape index (κ1) is 21.3. The lowest BCUT2D eigenvalue weighted by molar-refractivity contribution is -0.130. The number of methoxy groups -OCH3 is 2. The van der Waals surface area contributed by atoms with E-state index < -0.39 is 0 Å². The number of ether oxygens (including phenoxy) is 2. The number of benzene rings is 2. The van der Waals surface area contributed by atoms with Gasteiger partial charge in [0, 0.05) is 54.7 Å². The lowest BCUT2D eigenvalue weighted by Crippen LogP contribution is -2.49. The van der Waals surface area contributed by atoms with E-state index in [0.717, 1.165) is 48.1 Å². The molecule has 8 heteroatoms. The summed E-state index contributed by atoms with van der Waals surface area (Å²) >= 11 is 1.55. The van der Waals surface area contributed by atoms with Crippen molar-refractivity contribution in [2.75, 3.05) is 45.3 Å². The quantitative estimate of drug-likeness (QED) is 0.434. The van der Waals surface area contributed by atoms with Gasteiger partial charge in [0.05, 0.1) is 26.3 Å². The lowest BCUT2D eigenvalue weighted by atomic mass is 10.1. The number of nitrogens with zero attached hydrogens (tertiary/aromatic N) is 4. The number of carbonyl (C=O) groups excluding carboxylic acids is 1. The number of carbonyl (C=O) groups is 1. The Morgan fingerprint density at radius 3 is 2.48 bits per heavy atom. The van der Waals surface area contributed by atoms with Crippen molar-refractivity contribution in [3.8, 4) is 22.8 Å². The Hall–Kier alpha value is -3.52. The van der Waals surface area contributed by atoms with E-state index in [1.807, 2.05) is 45.1 Å². The van der Waals surface area contributed by atoms with Crippen LogP contribution >= 0.6 is 11.3 Å². The summed E-state index contributed by atoms with van der Waals surface area (Å²) < 4.78 is 12.8. The molecule has 170 valence electrons. The third kappa shape index (κ3) is 4.26. The summed E-state index contributed by atoms with van der Waals surface area (Å²) in [5.41, 5.74) is 3.96. The van der Waals surface area contributed by atoms with Crippen LogP contribution in [-0.2, 0) is 11.2 Å². The fourth-order valence-corrected chi connectivity index (χ4v) is 5.08.